The number of ether oxygens (including phenoxy) is 2. The average Bonchev–Trinajstić information content (AvgIpc) is 2.64. The molecule has 0 saturated heterocycles. The molecule has 3 nitrogen and oxygen atoms in total. The molecule has 1 heterocycles. The molecule has 1 aromatic carbocycles. The van der Waals surface area contributed by atoms with Crippen LogP contribution in [0, 0.1) is 0 Å². The molecule has 76 valence electrons. The minimum absolute atomic E-state index is 0.346. The molecule has 1 aliphatic rings. The Kier molecular flexibility index (Phi) is 2.59. The molecule has 0 aliphatic carbocycles. The summed E-state index contributed by atoms with van der Waals surface area (Å²) in [5, 5.41) is 3.16. The predicted molar refractivity (Wildman–Crippen MR) is 54.9 cm³/mol. The van der Waals surface area contributed by atoms with E-state index < -0.39 is 0 Å². The van der Waals surface area contributed by atoms with Crippen molar-refractivity contribution >= 4 is 0 Å². The zero-order chi connectivity index (χ0) is 9.97. The molecular weight excluding hydrogens is 178 g/mol. The molecule has 1 atom stereocenters. The molecule has 14 heavy (non-hydrogen) atoms. The smallest absolute Gasteiger partial charge is 0.231 e. The van der Waals surface area contributed by atoms with Gasteiger partial charge in [0.1, 0.15) is 0 Å². The molecule has 2 rings (SSSR count). The number of likely N-dealkylation sites (N-methyl/N-ethyl adjacent to an activating group) is 1. The zero-order valence-corrected chi connectivity index (χ0v) is 8.54. The molecule has 1 aliphatic heterocycles. The number of benzene rings is 1. The number of fused-ring (bicyclic) bond motifs is 1. The van der Waals surface area contributed by atoms with Gasteiger partial charge in [0.25, 0.3) is 0 Å². The summed E-state index contributed by atoms with van der Waals surface area (Å²) in [6.07, 6.45) is 0. The molecule has 3 heteroatoms. The third kappa shape index (κ3) is 1.68. The average molecular weight is 193 g/mol. The lowest BCUT2D eigenvalue weighted by molar-refractivity contribution is 0.174. The second kappa shape index (κ2) is 3.88. The maximum Gasteiger partial charge on any atom is 0.231 e. The van der Waals surface area contributed by atoms with Gasteiger partial charge in [-0.05, 0) is 30.7 Å². The van der Waals surface area contributed by atoms with Gasteiger partial charge in [0.15, 0.2) is 11.5 Å². The van der Waals surface area contributed by atoms with Crippen molar-refractivity contribution in [1.82, 2.24) is 5.32 Å². The Labute approximate surface area is 84.0 Å². The minimum Gasteiger partial charge on any atom is -0.454 e. The molecular formula is C11H15NO2. The minimum atomic E-state index is 0.346. The van der Waals surface area contributed by atoms with E-state index >= 15 is 0 Å². The monoisotopic (exact) mass is 193 g/mol. The highest BCUT2D eigenvalue weighted by Crippen LogP contribution is 2.34. The molecule has 1 unspecified atom stereocenters. The van der Waals surface area contributed by atoms with Gasteiger partial charge >= 0.3 is 0 Å². The molecule has 0 saturated carbocycles. The lowest BCUT2D eigenvalue weighted by Crippen LogP contribution is -2.14. The lowest BCUT2D eigenvalue weighted by atomic mass is 10.0. The largest absolute Gasteiger partial charge is 0.454 e. The Bertz CT molecular complexity index is 325. The first kappa shape index (κ1) is 9.34. The van der Waals surface area contributed by atoms with Crippen molar-refractivity contribution in [3.8, 4) is 11.5 Å². The zero-order valence-electron chi connectivity index (χ0n) is 8.54. The maximum absolute atomic E-state index is 5.32. The number of hydrogen-bond acceptors (Lipinski definition) is 3. The summed E-state index contributed by atoms with van der Waals surface area (Å²) < 4.78 is 10.6. The van der Waals surface area contributed by atoms with Crippen molar-refractivity contribution in [2.75, 3.05) is 20.4 Å². The fourth-order valence-corrected chi connectivity index (χ4v) is 1.64. The molecule has 0 bridgehead atoms. The first-order chi connectivity index (χ1) is 6.81. The van der Waals surface area contributed by atoms with Crippen LogP contribution < -0.4 is 14.8 Å². The van der Waals surface area contributed by atoms with E-state index in [1.165, 1.54) is 5.56 Å². The predicted octanol–water partition coefficient (Wildman–Crippen LogP) is 1.74. The fraction of sp³-hybridized carbons (Fsp3) is 0.455. The quantitative estimate of drug-likeness (QED) is 0.793. The number of rotatable bonds is 3. The molecule has 0 spiro atoms. The van der Waals surface area contributed by atoms with Crippen molar-refractivity contribution in [3.05, 3.63) is 23.8 Å². The van der Waals surface area contributed by atoms with Crippen molar-refractivity contribution in [2.24, 2.45) is 0 Å². The van der Waals surface area contributed by atoms with Gasteiger partial charge in [0, 0.05) is 6.54 Å². The highest BCUT2D eigenvalue weighted by molar-refractivity contribution is 5.45. The van der Waals surface area contributed by atoms with Crippen molar-refractivity contribution < 1.29 is 9.47 Å². The molecule has 0 fully saturated rings. The summed E-state index contributed by atoms with van der Waals surface area (Å²) >= 11 is 0. The van der Waals surface area contributed by atoms with Crippen LogP contribution >= 0.6 is 0 Å². The molecule has 1 N–H and O–H groups in total. The van der Waals surface area contributed by atoms with Crippen LogP contribution in [0.15, 0.2) is 18.2 Å². The Balaban J connectivity index is 2.19. The van der Waals surface area contributed by atoms with Crippen LogP contribution in [-0.2, 0) is 0 Å². The topological polar surface area (TPSA) is 30.5 Å². The van der Waals surface area contributed by atoms with Gasteiger partial charge < -0.3 is 14.8 Å². The Morgan fingerprint density at radius 1 is 1.36 bits per heavy atom. The Morgan fingerprint density at radius 3 is 2.93 bits per heavy atom. The summed E-state index contributed by atoms with van der Waals surface area (Å²) in [5.74, 6) is 2.21. The van der Waals surface area contributed by atoms with Gasteiger partial charge in [0.05, 0.1) is 0 Å². The van der Waals surface area contributed by atoms with Crippen molar-refractivity contribution in [3.63, 3.8) is 0 Å². The third-order valence-corrected chi connectivity index (χ3v) is 2.48. The first-order valence-corrected chi connectivity index (χ1v) is 4.85. The Morgan fingerprint density at radius 2 is 2.14 bits per heavy atom. The van der Waals surface area contributed by atoms with Gasteiger partial charge in [-0.2, -0.15) is 0 Å². The van der Waals surface area contributed by atoms with E-state index in [1.807, 2.05) is 13.1 Å². The fourth-order valence-electron chi connectivity index (χ4n) is 1.64. The van der Waals surface area contributed by atoms with Crippen LogP contribution in [0.25, 0.3) is 0 Å². The van der Waals surface area contributed by atoms with Crippen LogP contribution in [0.5, 0.6) is 11.5 Å². The van der Waals surface area contributed by atoms with Crippen LogP contribution in [-0.4, -0.2) is 20.4 Å². The van der Waals surface area contributed by atoms with Gasteiger partial charge in [-0.3, -0.25) is 0 Å². The lowest BCUT2D eigenvalue weighted by Gasteiger charge is -2.11. The number of hydrogen-bond donors (Lipinski definition) is 1. The summed E-state index contributed by atoms with van der Waals surface area (Å²) in [4.78, 5) is 0. The van der Waals surface area contributed by atoms with Crippen LogP contribution in [0.1, 0.15) is 18.4 Å². The van der Waals surface area contributed by atoms with Gasteiger partial charge in [-0.1, -0.05) is 13.0 Å². The van der Waals surface area contributed by atoms with Gasteiger partial charge in [-0.15, -0.1) is 0 Å². The van der Waals surface area contributed by atoms with E-state index in [-0.39, 0.29) is 0 Å². The molecule has 0 aromatic heterocycles. The molecule has 1 aromatic rings. The summed E-state index contributed by atoms with van der Waals surface area (Å²) in [7, 11) is 1.96. The standard InChI is InChI=1S/C11H15NO2/c1-8(6-12-2)9-3-4-10-11(5-9)14-7-13-10/h3-5,8,12H,6-7H2,1-2H3. The van der Waals surface area contributed by atoms with E-state index in [1.54, 1.807) is 0 Å². The SMILES string of the molecule is CNCC(C)c1ccc2c(c1)OCO2. The second-order valence-corrected chi connectivity index (χ2v) is 3.57. The van der Waals surface area contributed by atoms with E-state index in [0.29, 0.717) is 12.7 Å². The van der Waals surface area contributed by atoms with E-state index in [2.05, 4.69) is 24.4 Å². The highest BCUT2D eigenvalue weighted by atomic mass is 16.7. The van der Waals surface area contributed by atoms with Gasteiger partial charge in [-0.25, -0.2) is 0 Å². The van der Waals surface area contributed by atoms with Crippen molar-refractivity contribution in [1.29, 1.82) is 0 Å². The highest BCUT2D eigenvalue weighted by Gasteiger charge is 2.15. The van der Waals surface area contributed by atoms with E-state index in [9.17, 15) is 0 Å². The molecule has 0 amide bonds. The Hall–Kier alpha value is -1.22. The van der Waals surface area contributed by atoms with Crippen LogP contribution in [0.2, 0.25) is 0 Å². The first-order valence-electron chi connectivity index (χ1n) is 4.85. The number of nitrogens with one attached hydrogen (secondary N) is 1. The van der Waals surface area contributed by atoms with E-state index in [4.69, 9.17) is 9.47 Å². The third-order valence-electron chi connectivity index (χ3n) is 2.48. The summed E-state index contributed by atoms with van der Waals surface area (Å²) in [5.41, 5.74) is 1.28. The molecule has 0 radical (unpaired) electrons. The normalized spacial score (nSPS) is 15.6. The summed E-state index contributed by atoms with van der Waals surface area (Å²) in [6, 6.07) is 6.13. The van der Waals surface area contributed by atoms with Crippen molar-refractivity contribution in [2.45, 2.75) is 12.8 Å². The maximum atomic E-state index is 5.32. The van der Waals surface area contributed by atoms with Crippen LogP contribution in [0.3, 0.4) is 0 Å². The second-order valence-electron chi connectivity index (χ2n) is 3.57. The van der Waals surface area contributed by atoms with Crippen LogP contribution in [0.4, 0.5) is 0 Å². The van der Waals surface area contributed by atoms with Gasteiger partial charge in [0.2, 0.25) is 6.79 Å². The summed E-state index contributed by atoms with van der Waals surface area (Å²) in [6.45, 7) is 3.51. The van der Waals surface area contributed by atoms with E-state index in [0.717, 1.165) is 18.0 Å².